The zero-order chi connectivity index (χ0) is 14.6. The van der Waals surface area contributed by atoms with Crippen LogP contribution in [0.3, 0.4) is 0 Å². The van der Waals surface area contributed by atoms with E-state index in [1.165, 1.54) is 7.05 Å². The van der Waals surface area contributed by atoms with Crippen LogP contribution >= 0.6 is 11.3 Å². The molecule has 2 aromatic carbocycles. The molecule has 102 valence electrons. The van der Waals surface area contributed by atoms with Crippen LogP contribution in [0, 0.1) is 0 Å². The molecule has 0 aliphatic carbocycles. The van der Waals surface area contributed by atoms with Gasteiger partial charge in [-0.3, -0.25) is 14.5 Å². The van der Waals surface area contributed by atoms with Crippen LogP contribution in [0.15, 0.2) is 42.5 Å². The predicted molar refractivity (Wildman–Crippen MR) is 81.5 cm³/mol. The highest BCUT2D eigenvalue weighted by Gasteiger charge is 2.32. The van der Waals surface area contributed by atoms with E-state index in [2.05, 4.69) is 4.98 Å². The normalized spacial score (nSPS) is 14.0. The first-order valence-corrected chi connectivity index (χ1v) is 7.29. The second-order valence-corrected chi connectivity index (χ2v) is 5.95. The van der Waals surface area contributed by atoms with Crippen molar-refractivity contribution < 1.29 is 9.59 Å². The first kappa shape index (κ1) is 12.2. The number of carbonyl (C=O) groups is 2. The highest BCUT2D eigenvalue weighted by Crippen LogP contribution is 2.32. The van der Waals surface area contributed by atoms with E-state index in [1.807, 2.05) is 30.3 Å². The molecule has 0 N–H and O–H groups in total. The van der Waals surface area contributed by atoms with Crippen LogP contribution in [-0.4, -0.2) is 28.7 Å². The summed E-state index contributed by atoms with van der Waals surface area (Å²) in [6.45, 7) is 0. The number of fused-ring (bicyclic) bond motifs is 2. The van der Waals surface area contributed by atoms with Gasteiger partial charge in [-0.25, -0.2) is 4.98 Å². The lowest BCUT2D eigenvalue weighted by Gasteiger charge is -2.02. The summed E-state index contributed by atoms with van der Waals surface area (Å²) >= 11 is 1.58. The molecular formula is C16H10N2O2S. The van der Waals surface area contributed by atoms with Gasteiger partial charge in [-0.15, -0.1) is 11.3 Å². The fourth-order valence-corrected chi connectivity index (χ4v) is 3.45. The third kappa shape index (κ3) is 1.71. The Kier molecular flexibility index (Phi) is 2.46. The van der Waals surface area contributed by atoms with Crippen LogP contribution in [0.4, 0.5) is 0 Å². The fraction of sp³-hybridized carbons (Fsp3) is 0.0625. The predicted octanol–water partition coefficient (Wildman–Crippen LogP) is 3.19. The number of nitrogens with zero attached hydrogens (tertiary/aromatic N) is 2. The molecule has 1 aliphatic rings. The molecule has 0 radical (unpaired) electrons. The number of rotatable bonds is 1. The molecule has 1 aliphatic heterocycles. The molecule has 0 unspecified atom stereocenters. The number of carbonyl (C=O) groups excluding carboxylic acids is 2. The van der Waals surface area contributed by atoms with Crippen molar-refractivity contribution in [2.24, 2.45) is 0 Å². The minimum absolute atomic E-state index is 0.245. The Morgan fingerprint density at radius 3 is 2.57 bits per heavy atom. The van der Waals surface area contributed by atoms with Gasteiger partial charge in [0.2, 0.25) is 0 Å². The maximum atomic E-state index is 12.1. The standard InChI is InChI=1S/C16H10N2O2S/c1-18-15(19)10-7-6-9(8-11(10)16(18)20)14-17-12-4-2-3-5-13(12)21-14/h2-8H,1H3. The number of para-hydroxylation sites is 1. The topological polar surface area (TPSA) is 50.3 Å². The average molecular weight is 294 g/mol. The number of imide groups is 1. The quantitative estimate of drug-likeness (QED) is 0.648. The Morgan fingerprint density at radius 1 is 1.00 bits per heavy atom. The zero-order valence-corrected chi connectivity index (χ0v) is 12.0. The summed E-state index contributed by atoms with van der Waals surface area (Å²) in [5.74, 6) is -0.496. The maximum absolute atomic E-state index is 12.1. The van der Waals surface area contributed by atoms with Gasteiger partial charge in [0.15, 0.2) is 0 Å². The van der Waals surface area contributed by atoms with E-state index in [1.54, 1.807) is 23.5 Å². The SMILES string of the molecule is CN1C(=O)c2ccc(-c3nc4ccccc4s3)cc2C1=O. The molecule has 2 amide bonds. The molecule has 0 fully saturated rings. The highest BCUT2D eigenvalue weighted by molar-refractivity contribution is 7.21. The molecule has 0 atom stereocenters. The van der Waals surface area contributed by atoms with Crippen molar-refractivity contribution in [2.45, 2.75) is 0 Å². The summed E-state index contributed by atoms with van der Waals surface area (Å²) in [5, 5.41) is 0.855. The second kappa shape index (κ2) is 4.23. The Hall–Kier alpha value is -2.53. The van der Waals surface area contributed by atoms with Crippen LogP contribution in [0.1, 0.15) is 20.7 Å². The molecule has 2 heterocycles. The van der Waals surface area contributed by atoms with Gasteiger partial charge in [0.1, 0.15) is 5.01 Å². The number of benzene rings is 2. The summed E-state index contributed by atoms with van der Waals surface area (Å²) in [7, 11) is 1.50. The van der Waals surface area contributed by atoms with Gasteiger partial charge in [-0.05, 0) is 24.3 Å². The molecule has 0 saturated carbocycles. The molecule has 0 saturated heterocycles. The third-order valence-corrected chi connectivity index (χ3v) is 4.72. The molecular weight excluding hydrogens is 284 g/mol. The summed E-state index contributed by atoms with van der Waals surface area (Å²) in [5.41, 5.74) is 2.73. The molecule has 3 aromatic rings. The van der Waals surface area contributed by atoms with E-state index in [-0.39, 0.29) is 11.8 Å². The van der Waals surface area contributed by atoms with Gasteiger partial charge in [0.05, 0.1) is 21.3 Å². The minimum atomic E-state index is -0.252. The molecule has 4 rings (SSSR count). The van der Waals surface area contributed by atoms with Gasteiger partial charge in [-0.2, -0.15) is 0 Å². The van der Waals surface area contributed by atoms with Gasteiger partial charge in [-0.1, -0.05) is 18.2 Å². The molecule has 4 nitrogen and oxygen atoms in total. The van der Waals surface area contributed by atoms with Crippen LogP contribution in [0.25, 0.3) is 20.8 Å². The lowest BCUT2D eigenvalue weighted by atomic mass is 10.1. The van der Waals surface area contributed by atoms with Crippen LogP contribution in [-0.2, 0) is 0 Å². The second-order valence-electron chi connectivity index (χ2n) is 4.92. The van der Waals surface area contributed by atoms with Crippen molar-refractivity contribution in [1.82, 2.24) is 9.88 Å². The van der Waals surface area contributed by atoms with Crippen molar-refractivity contribution in [3.8, 4) is 10.6 Å². The van der Waals surface area contributed by atoms with Gasteiger partial charge in [0, 0.05) is 12.6 Å². The fourth-order valence-electron chi connectivity index (χ4n) is 2.49. The molecule has 5 heteroatoms. The number of hydrogen-bond donors (Lipinski definition) is 0. The zero-order valence-electron chi connectivity index (χ0n) is 11.2. The maximum Gasteiger partial charge on any atom is 0.261 e. The lowest BCUT2D eigenvalue weighted by molar-refractivity contribution is 0.0693. The minimum Gasteiger partial charge on any atom is -0.277 e. The van der Waals surface area contributed by atoms with Crippen molar-refractivity contribution in [3.63, 3.8) is 0 Å². The van der Waals surface area contributed by atoms with Crippen molar-refractivity contribution in [1.29, 1.82) is 0 Å². The van der Waals surface area contributed by atoms with Crippen LogP contribution in [0.5, 0.6) is 0 Å². The van der Waals surface area contributed by atoms with Gasteiger partial charge < -0.3 is 0 Å². The Bertz CT molecular complexity index is 881. The molecule has 1 aromatic heterocycles. The highest BCUT2D eigenvalue weighted by atomic mass is 32.1. The summed E-state index contributed by atoms with van der Waals surface area (Å²) in [6, 6.07) is 13.2. The van der Waals surface area contributed by atoms with Gasteiger partial charge >= 0.3 is 0 Å². The van der Waals surface area contributed by atoms with E-state index in [0.29, 0.717) is 11.1 Å². The summed E-state index contributed by atoms with van der Waals surface area (Å²) in [6.07, 6.45) is 0. The Labute approximate surface area is 124 Å². The first-order chi connectivity index (χ1) is 10.1. The van der Waals surface area contributed by atoms with Crippen LogP contribution < -0.4 is 0 Å². The van der Waals surface area contributed by atoms with E-state index in [0.717, 1.165) is 25.7 Å². The van der Waals surface area contributed by atoms with E-state index < -0.39 is 0 Å². The van der Waals surface area contributed by atoms with E-state index in [9.17, 15) is 9.59 Å². The van der Waals surface area contributed by atoms with Crippen molar-refractivity contribution in [2.75, 3.05) is 7.05 Å². The van der Waals surface area contributed by atoms with Gasteiger partial charge in [0.25, 0.3) is 11.8 Å². The van der Waals surface area contributed by atoms with Crippen LogP contribution in [0.2, 0.25) is 0 Å². The lowest BCUT2D eigenvalue weighted by Crippen LogP contribution is -2.24. The number of hydrogen-bond acceptors (Lipinski definition) is 4. The summed E-state index contributed by atoms with van der Waals surface area (Å²) < 4.78 is 1.10. The Balaban J connectivity index is 1.88. The van der Waals surface area contributed by atoms with E-state index in [4.69, 9.17) is 0 Å². The van der Waals surface area contributed by atoms with E-state index >= 15 is 0 Å². The van der Waals surface area contributed by atoms with Crippen molar-refractivity contribution >= 4 is 33.4 Å². The smallest absolute Gasteiger partial charge is 0.261 e. The largest absolute Gasteiger partial charge is 0.277 e. The first-order valence-electron chi connectivity index (χ1n) is 6.47. The average Bonchev–Trinajstić information content (AvgIpc) is 3.03. The number of amides is 2. The number of thiazole rings is 1. The number of aromatic nitrogens is 1. The third-order valence-electron chi connectivity index (χ3n) is 3.63. The molecule has 0 spiro atoms. The Morgan fingerprint density at radius 2 is 1.76 bits per heavy atom. The van der Waals surface area contributed by atoms with Crippen molar-refractivity contribution in [3.05, 3.63) is 53.6 Å². The summed E-state index contributed by atoms with van der Waals surface area (Å²) in [4.78, 5) is 29.7. The monoisotopic (exact) mass is 294 g/mol. The molecule has 0 bridgehead atoms. The molecule has 21 heavy (non-hydrogen) atoms.